The number of rotatable bonds is 3. The number of fused-ring (bicyclic) bond motifs is 3. The Hall–Kier alpha value is -3.62. The lowest BCUT2D eigenvalue weighted by molar-refractivity contribution is 0.397. The van der Waals surface area contributed by atoms with Crippen LogP contribution in [0.15, 0.2) is 49.2 Å². The molecule has 1 aliphatic heterocycles. The van der Waals surface area contributed by atoms with Gasteiger partial charge in [-0.2, -0.15) is 4.98 Å². The third kappa shape index (κ3) is 2.62. The molecule has 4 heterocycles. The summed E-state index contributed by atoms with van der Waals surface area (Å²) < 4.78 is 17.1. The van der Waals surface area contributed by atoms with Gasteiger partial charge < -0.3 is 4.90 Å². The molecule has 5 rings (SSSR count). The molecule has 0 saturated heterocycles. The van der Waals surface area contributed by atoms with E-state index >= 15 is 0 Å². The number of imidazole rings is 1. The van der Waals surface area contributed by atoms with E-state index in [1.165, 1.54) is 12.1 Å². The first-order valence-electron chi connectivity index (χ1n) is 9.75. The van der Waals surface area contributed by atoms with Crippen molar-refractivity contribution in [2.75, 3.05) is 4.90 Å². The number of benzene rings is 1. The van der Waals surface area contributed by atoms with Gasteiger partial charge in [-0.05, 0) is 52.0 Å². The van der Waals surface area contributed by atoms with Crippen LogP contribution < -0.4 is 4.90 Å². The smallest absolute Gasteiger partial charge is 0.237 e. The second kappa shape index (κ2) is 6.45. The molecule has 1 aromatic carbocycles. The van der Waals surface area contributed by atoms with Gasteiger partial charge in [0.25, 0.3) is 0 Å². The maximum Gasteiger partial charge on any atom is 0.237 e. The zero-order valence-corrected chi connectivity index (χ0v) is 17.2. The number of hydrogen-bond donors (Lipinski definition) is 0. The predicted octanol–water partition coefficient (Wildman–Crippen LogP) is 3.51. The van der Waals surface area contributed by atoms with Crippen molar-refractivity contribution in [3.63, 3.8) is 0 Å². The minimum absolute atomic E-state index is 0.173. The second-order valence-corrected chi connectivity index (χ2v) is 8.05. The van der Waals surface area contributed by atoms with E-state index in [9.17, 15) is 4.39 Å². The number of nitrogens with zero attached hydrogens (tertiary/aromatic N) is 8. The van der Waals surface area contributed by atoms with Crippen molar-refractivity contribution in [1.29, 1.82) is 0 Å². The molecule has 0 atom stereocenters. The summed E-state index contributed by atoms with van der Waals surface area (Å²) >= 11 is 0. The van der Waals surface area contributed by atoms with Crippen molar-refractivity contribution < 1.29 is 4.39 Å². The zero-order chi connectivity index (χ0) is 21.0. The summed E-state index contributed by atoms with van der Waals surface area (Å²) in [6, 6.07) is 6.39. The number of aromatic nitrogens is 7. The highest BCUT2D eigenvalue weighted by Gasteiger charge is 2.42. The van der Waals surface area contributed by atoms with Gasteiger partial charge in [0.05, 0.1) is 11.7 Å². The van der Waals surface area contributed by atoms with Crippen LogP contribution in [0, 0.1) is 5.82 Å². The molecular formula is C21H21FN8. The van der Waals surface area contributed by atoms with Crippen molar-refractivity contribution in [2.24, 2.45) is 0 Å². The molecule has 4 aromatic rings. The summed E-state index contributed by atoms with van der Waals surface area (Å²) in [5.41, 5.74) is 1.21. The standard InChI is InChI=1S/C21H21FN8/c1-13(2)30-18-16(29-12-25-27-19(29)21(30,3)4)11-24-20(26-18)28-10-9-23-17(28)14-5-7-15(22)8-6-14/h5-13H,1-4H3. The Morgan fingerprint density at radius 2 is 1.80 bits per heavy atom. The third-order valence-electron chi connectivity index (χ3n) is 5.40. The van der Waals surface area contributed by atoms with Crippen LogP contribution in [0.2, 0.25) is 0 Å². The lowest BCUT2D eigenvalue weighted by Crippen LogP contribution is -2.51. The van der Waals surface area contributed by atoms with Crippen molar-refractivity contribution >= 4 is 5.82 Å². The highest BCUT2D eigenvalue weighted by molar-refractivity contribution is 5.64. The number of anilines is 1. The second-order valence-electron chi connectivity index (χ2n) is 8.05. The lowest BCUT2D eigenvalue weighted by Gasteiger charge is -2.45. The largest absolute Gasteiger partial charge is 0.340 e. The van der Waals surface area contributed by atoms with E-state index < -0.39 is 5.54 Å². The Kier molecular flexibility index (Phi) is 3.96. The van der Waals surface area contributed by atoms with Gasteiger partial charge in [0.15, 0.2) is 11.6 Å². The molecule has 1 aliphatic rings. The summed E-state index contributed by atoms with van der Waals surface area (Å²) in [6.07, 6.45) is 6.96. The van der Waals surface area contributed by atoms with Crippen molar-refractivity contribution in [3.05, 3.63) is 60.8 Å². The predicted molar refractivity (Wildman–Crippen MR) is 110 cm³/mol. The Balaban J connectivity index is 1.68. The molecule has 0 unspecified atom stereocenters. The van der Waals surface area contributed by atoms with Gasteiger partial charge in [-0.15, -0.1) is 10.2 Å². The van der Waals surface area contributed by atoms with E-state index in [2.05, 4.69) is 52.8 Å². The normalized spacial score (nSPS) is 14.7. The zero-order valence-electron chi connectivity index (χ0n) is 17.2. The van der Waals surface area contributed by atoms with E-state index in [-0.39, 0.29) is 11.9 Å². The molecule has 3 aromatic heterocycles. The van der Waals surface area contributed by atoms with Crippen molar-refractivity contribution in [2.45, 2.75) is 39.3 Å². The highest BCUT2D eigenvalue weighted by Crippen LogP contribution is 2.41. The first-order chi connectivity index (χ1) is 14.4. The fourth-order valence-corrected chi connectivity index (χ4v) is 4.19. The Morgan fingerprint density at radius 1 is 1.03 bits per heavy atom. The van der Waals surface area contributed by atoms with Gasteiger partial charge >= 0.3 is 0 Å². The fourth-order valence-electron chi connectivity index (χ4n) is 4.19. The van der Waals surface area contributed by atoms with Gasteiger partial charge in [-0.3, -0.25) is 9.13 Å². The van der Waals surface area contributed by atoms with Crippen LogP contribution in [0.25, 0.3) is 23.0 Å². The average Bonchev–Trinajstić information content (AvgIpc) is 3.38. The van der Waals surface area contributed by atoms with Gasteiger partial charge in [0.1, 0.15) is 23.7 Å². The van der Waals surface area contributed by atoms with Gasteiger partial charge in [-0.25, -0.2) is 14.4 Å². The van der Waals surface area contributed by atoms with Crippen LogP contribution in [0.1, 0.15) is 33.5 Å². The first kappa shape index (κ1) is 18.4. The molecule has 0 radical (unpaired) electrons. The molecule has 0 N–H and O–H groups in total. The maximum absolute atomic E-state index is 13.4. The van der Waals surface area contributed by atoms with E-state index in [4.69, 9.17) is 4.98 Å². The number of halogens is 1. The molecule has 9 heteroatoms. The van der Waals surface area contributed by atoms with Gasteiger partial charge in [-0.1, -0.05) is 0 Å². The van der Waals surface area contributed by atoms with E-state index in [1.807, 2.05) is 4.57 Å². The Bertz CT molecular complexity index is 1220. The monoisotopic (exact) mass is 404 g/mol. The van der Waals surface area contributed by atoms with Gasteiger partial charge in [0.2, 0.25) is 5.95 Å². The molecule has 30 heavy (non-hydrogen) atoms. The first-order valence-corrected chi connectivity index (χ1v) is 9.75. The van der Waals surface area contributed by atoms with Crippen molar-refractivity contribution in [3.8, 4) is 23.0 Å². The molecule has 0 fully saturated rings. The van der Waals surface area contributed by atoms with Crippen LogP contribution in [0.4, 0.5) is 10.2 Å². The molecule has 0 amide bonds. The SMILES string of the molecule is CC(C)N1c2nc(-n3ccnc3-c3ccc(F)cc3)ncc2-n2cnnc2C1(C)C. The molecule has 0 aliphatic carbocycles. The average molecular weight is 404 g/mol. The van der Waals surface area contributed by atoms with Crippen LogP contribution in [0.3, 0.4) is 0 Å². The van der Waals surface area contributed by atoms with Crippen LogP contribution >= 0.6 is 0 Å². The lowest BCUT2D eigenvalue weighted by atomic mass is 9.96. The van der Waals surface area contributed by atoms with Crippen LogP contribution in [0.5, 0.6) is 0 Å². The fraction of sp³-hybridized carbons (Fsp3) is 0.286. The summed E-state index contributed by atoms with van der Waals surface area (Å²) in [7, 11) is 0. The number of hydrogen-bond acceptors (Lipinski definition) is 6. The van der Waals surface area contributed by atoms with Gasteiger partial charge in [0, 0.05) is 24.0 Å². The molecule has 8 nitrogen and oxygen atoms in total. The van der Waals surface area contributed by atoms with Crippen molar-refractivity contribution in [1.82, 2.24) is 34.3 Å². The highest BCUT2D eigenvalue weighted by atomic mass is 19.1. The molecular weight excluding hydrogens is 383 g/mol. The summed E-state index contributed by atoms with van der Waals surface area (Å²) in [5, 5.41) is 8.45. The molecule has 0 spiro atoms. The topological polar surface area (TPSA) is 77.5 Å². The Labute approximate surface area is 173 Å². The third-order valence-corrected chi connectivity index (χ3v) is 5.40. The Morgan fingerprint density at radius 3 is 2.53 bits per heavy atom. The van der Waals surface area contributed by atoms with E-state index in [0.29, 0.717) is 11.8 Å². The summed E-state index contributed by atoms with van der Waals surface area (Å²) in [4.78, 5) is 16.2. The molecule has 152 valence electrons. The van der Waals surface area contributed by atoms with E-state index in [1.54, 1.807) is 41.6 Å². The van der Waals surface area contributed by atoms with E-state index in [0.717, 1.165) is 22.9 Å². The maximum atomic E-state index is 13.4. The minimum atomic E-state index is -0.405. The quantitative estimate of drug-likeness (QED) is 0.520. The minimum Gasteiger partial charge on any atom is -0.340 e. The molecule has 0 saturated carbocycles. The summed E-state index contributed by atoms with van der Waals surface area (Å²) in [6.45, 7) is 8.47. The van der Waals surface area contributed by atoms with Crippen LogP contribution in [-0.2, 0) is 5.54 Å². The molecule has 0 bridgehead atoms. The summed E-state index contributed by atoms with van der Waals surface area (Å²) in [5.74, 6) is 2.48. The van der Waals surface area contributed by atoms with Crippen LogP contribution in [-0.4, -0.2) is 40.3 Å².